The fourth-order valence-electron chi connectivity index (χ4n) is 3.91. The summed E-state index contributed by atoms with van der Waals surface area (Å²) >= 11 is 0. The molecule has 3 rings (SSSR count). The minimum atomic E-state index is -0.738. The fraction of sp³-hybridized carbons (Fsp3) is 0.261. The molecule has 1 N–H and O–H groups in total. The maximum Gasteiger partial charge on any atom is 0.276 e. The quantitative estimate of drug-likeness (QED) is 0.434. The predicted octanol–water partition coefficient (Wildman–Crippen LogP) is 3.60. The number of aliphatic hydroxyl groups excluding tert-OH is 1. The normalized spacial score (nSPS) is 18.4. The number of aliphatic hydroxyl groups is 1. The second kappa shape index (κ2) is 9.07. The number of amides is 1. The number of carbonyl (C=O) groups is 2. The number of hydrazone groups is 1. The summed E-state index contributed by atoms with van der Waals surface area (Å²) in [6.45, 7) is 6.85. The Kier molecular flexibility index (Phi) is 6.48. The number of piperazine rings is 1. The molecule has 1 fully saturated rings. The Balaban J connectivity index is 2.25. The van der Waals surface area contributed by atoms with E-state index in [2.05, 4.69) is 11.8 Å². The van der Waals surface area contributed by atoms with Gasteiger partial charge in [-0.25, -0.2) is 8.78 Å². The zero-order chi connectivity index (χ0) is 22.7. The first-order valence-electron chi connectivity index (χ1n) is 9.78. The first kappa shape index (κ1) is 22.1. The van der Waals surface area contributed by atoms with Crippen molar-refractivity contribution in [3.8, 4) is 0 Å². The molecular weight excluding hydrogens is 404 g/mol. The van der Waals surface area contributed by atoms with Crippen LogP contribution in [0.1, 0.15) is 30.9 Å². The van der Waals surface area contributed by atoms with Crippen LogP contribution in [-0.4, -0.2) is 52.6 Å². The summed E-state index contributed by atoms with van der Waals surface area (Å²) in [5.74, 6) is -3.61. The summed E-state index contributed by atoms with van der Waals surface area (Å²) < 4.78 is 28.2. The van der Waals surface area contributed by atoms with Gasteiger partial charge in [0.25, 0.3) is 5.91 Å². The molecule has 1 aliphatic heterocycles. The van der Waals surface area contributed by atoms with Gasteiger partial charge >= 0.3 is 0 Å². The SMILES string of the molecule is C=NN1/C(=C(/O)C(C)=O)C(=O)N(CC)CC1C(c1cccc(F)c1)c1cccc(F)c1. The lowest BCUT2D eigenvalue weighted by Crippen LogP contribution is -2.55. The summed E-state index contributed by atoms with van der Waals surface area (Å²) in [6.07, 6.45) is 0. The zero-order valence-corrected chi connectivity index (χ0v) is 17.3. The predicted molar refractivity (Wildman–Crippen MR) is 112 cm³/mol. The van der Waals surface area contributed by atoms with Gasteiger partial charge in [0.1, 0.15) is 11.6 Å². The van der Waals surface area contributed by atoms with E-state index in [4.69, 9.17) is 0 Å². The maximum absolute atomic E-state index is 14.1. The Hall–Kier alpha value is -3.55. The van der Waals surface area contributed by atoms with E-state index in [1.807, 2.05) is 0 Å². The molecule has 0 aliphatic carbocycles. The lowest BCUT2D eigenvalue weighted by Gasteiger charge is -2.44. The first-order chi connectivity index (χ1) is 14.8. The van der Waals surface area contributed by atoms with Gasteiger partial charge in [-0.3, -0.25) is 14.6 Å². The number of Topliss-reactive ketones (excluding diaryl/α,β-unsaturated/α-hetero) is 1. The monoisotopic (exact) mass is 427 g/mol. The van der Waals surface area contributed by atoms with Gasteiger partial charge in [0, 0.05) is 32.6 Å². The molecule has 6 nitrogen and oxygen atoms in total. The minimum Gasteiger partial charge on any atom is -0.503 e. The van der Waals surface area contributed by atoms with E-state index in [1.54, 1.807) is 19.1 Å². The molecular formula is C23H23F2N3O3. The van der Waals surface area contributed by atoms with Crippen LogP contribution in [0.15, 0.2) is 65.1 Å². The number of ketones is 1. The molecule has 2 aromatic rings. The number of nitrogens with zero attached hydrogens (tertiary/aromatic N) is 3. The van der Waals surface area contributed by atoms with Crippen LogP contribution in [-0.2, 0) is 9.59 Å². The van der Waals surface area contributed by atoms with Gasteiger partial charge in [-0.1, -0.05) is 24.3 Å². The van der Waals surface area contributed by atoms with Crippen LogP contribution in [0.4, 0.5) is 8.78 Å². The average molecular weight is 427 g/mol. The molecule has 0 aromatic heterocycles. The van der Waals surface area contributed by atoms with E-state index < -0.39 is 41.0 Å². The number of likely N-dealkylation sites (N-methyl/N-ethyl adjacent to an activating group) is 1. The Morgan fingerprint density at radius 3 is 2.16 bits per heavy atom. The molecule has 1 unspecified atom stereocenters. The van der Waals surface area contributed by atoms with Crippen LogP contribution in [0.3, 0.4) is 0 Å². The molecule has 0 spiro atoms. The van der Waals surface area contributed by atoms with Crippen molar-refractivity contribution in [3.63, 3.8) is 0 Å². The van der Waals surface area contributed by atoms with E-state index >= 15 is 0 Å². The molecule has 162 valence electrons. The Morgan fingerprint density at radius 2 is 1.74 bits per heavy atom. The lowest BCUT2D eigenvalue weighted by atomic mass is 9.83. The third-order valence-electron chi connectivity index (χ3n) is 5.33. The summed E-state index contributed by atoms with van der Waals surface area (Å²) in [4.78, 5) is 26.3. The largest absolute Gasteiger partial charge is 0.503 e. The number of hydrogen-bond acceptors (Lipinski definition) is 5. The minimum absolute atomic E-state index is 0.140. The highest BCUT2D eigenvalue weighted by Gasteiger charge is 2.43. The van der Waals surface area contributed by atoms with E-state index in [9.17, 15) is 23.5 Å². The summed E-state index contributed by atoms with van der Waals surface area (Å²) in [6, 6.07) is 11.0. The van der Waals surface area contributed by atoms with Crippen molar-refractivity contribution < 1.29 is 23.5 Å². The van der Waals surface area contributed by atoms with Crippen molar-refractivity contribution in [2.45, 2.75) is 25.8 Å². The summed E-state index contributed by atoms with van der Waals surface area (Å²) in [5, 5.41) is 15.5. The van der Waals surface area contributed by atoms with Crippen LogP contribution < -0.4 is 0 Å². The molecule has 1 atom stereocenters. The van der Waals surface area contributed by atoms with E-state index in [0.717, 1.165) is 6.92 Å². The third-order valence-corrected chi connectivity index (χ3v) is 5.33. The van der Waals surface area contributed by atoms with Gasteiger partial charge in [-0.2, -0.15) is 5.10 Å². The van der Waals surface area contributed by atoms with Gasteiger partial charge in [-0.05, 0) is 42.3 Å². The number of rotatable bonds is 6. The molecule has 1 amide bonds. The second-order valence-corrected chi connectivity index (χ2v) is 7.24. The number of halogens is 2. The molecule has 8 heteroatoms. The molecule has 1 saturated heterocycles. The molecule has 1 aliphatic rings. The molecule has 2 aromatic carbocycles. The van der Waals surface area contributed by atoms with Crippen molar-refractivity contribution in [3.05, 3.63) is 82.7 Å². The summed E-state index contributed by atoms with van der Waals surface area (Å²) in [7, 11) is 0. The van der Waals surface area contributed by atoms with Crippen molar-refractivity contribution in [2.75, 3.05) is 13.1 Å². The Labute approximate surface area is 179 Å². The smallest absolute Gasteiger partial charge is 0.276 e. The van der Waals surface area contributed by atoms with Crippen LogP contribution in [0.25, 0.3) is 0 Å². The fourth-order valence-corrected chi connectivity index (χ4v) is 3.91. The van der Waals surface area contributed by atoms with Crippen molar-refractivity contribution in [2.24, 2.45) is 5.10 Å². The third kappa shape index (κ3) is 4.33. The van der Waals surface area contributed by atoms with Crippen LogP contribution in [0, 0.1) is 11.6 Å². The Morgan fingerprint density at radius 1 is 1.19 bits per heavy atom. The van der Waals surface area contributed by atoms with Gasteiger partial charge in [-0.15, -0.1) is 0 Å². The molecule has 0 bridgehead atoms. The first-order valence-corrected chi connectivity index (χ1v) is 9.78. The van der Waals surface area contributed by atoms with Crippen LogP contribution in [0.2, 0.25) is 0 Å². The molecule has 0 radical (unpaired) electrons. The number of hydrogen-bond donors (Lipinski definition) is 1. The van der Waals surface area contributed by atoms with Crippen molar-refractivity contribution in [1.82, 2.24) is 9.91 Å². The highest BCUT2D eigenvalue weighted by atomic mass is 19.1. The van der Waals surface area contributed by atoms with Gasteiger partial charge in [0.05, 0.1) is 6.04 Å². The Bertz CT molecular complexity index is 1010. The van der Waals surface area contributed by atoms with Crippen molar-refractivity contribution >= 4 is 18.4 Å². The number of carbonyl (C=O) groups excluding carboxylic acids is 2. The van der Waals surface area contributed by atoms with Gasteiger partial charge < -0.3 is 10.0 Å². The van der Waals surface area contributed by atoms with Crippen LogP contribution in [0.5, 0.6) is 0 Å². The molecule has 1 heterocycles. The van der Waals surface area contributed by atoms with Gasteiger partial charge in [0.15, 0.2) is 17.2 Å². The molecule has 31 heavy (non-hydrogen) atoms. The zero-order valence-electron chi connectivity index (χ0n) is 17.3. The van der Waals surface area contributed by atoms with E-state index in [1.165, 1.54) is 46.3 Å². The highest BCUT2D eigenvalue weighted by molar-refractivity contribution is 6.03. The summed E-state index contributed by atoms with van der Waals surface area (Å²) in [5.41, 5.74) is 0.742. The van der Waals surface area contributed by atoms with Gasteiger partial charge in [0.2, 0.25) is 0 Å². The van der Waals surface area contributed by atoms with E-state index in [0.29, 0.717) is 17.7 Å². The average Bonchev–Trinajstić information content (AvgIpc) is 2.74. The molecule has 0 saturated carbocycles. The van der Waals surface area contributed by atoms with Crippen LogP contribution >= 0.6 is 0 Å². The standard InChI is InChI=1S/C23H23F2N3O3/c1-4-27-13-19(28(26-3)21(23(27)31)22(30)14(2)29)20(15-7-5-9-17(24)11-15)16-8-6-10-18(25)12-16/h5-12,19-20,30H,3-4,13H2,1-2H3/b22-21+. The van der Waals surface area contributed by atoms with E-state index in [-0.39, 0.29) is 12.2 Å². The highest BCUT2D eigenvalue weighted by Crippen LogP contribution is 2.37. The number of allylic oxidation sites excluding steroid dienone is 1. The topological polar surface area (TPSA) is 73.2 Å². The second-order valence-electron chi connectivity index (χ2n) is 7.24. The maximum atomic E-state index is 14.1. The lowest BCUT2D eigenvalue weighted by molar-refractivity contribution is -0.134. The number of benzene rings is 2. The van der Waals surface area contributed by atoms with Crippen molar-refractivity contribution in [1.29, 1.82) is 0 Å².